The number of amides is 2. The van der Waals surface area contributed by atoms with Crippen molar-refractivity contribution in [3.63, 3.8) is 0 Å². The van der Waals surface area contributed by atoms with E-state index in [1.54, 1.807) is 42.5 Å². The van der Waals surface area contributed by atoms with E-state index in [2.05, 4.69) is 5.32 Å². The van der Waals surface area contributed by atoms with Gasteiger partial charge in [-0.15, -0.1) is 0 Å². The Morgan fingerprint density at radius 3 is 2.21 bits per heavy atom. The zero-order valence-electron chi connectivity index (χ0n) is 24.2. The van der Waals surface area contributed by atoms with Crippen molar-refractivity contribution in [1.82, 2.24) is 10.2 Å². The van der Waals surface area contributed by atoms with Crippen molar-refractivity contribution in [2.24, 2.45) is 0 Å². The lowest BCUT2D eigenvalue weighted by atomic mass is 9.95. The molecule has 0 radical (unpaired) electrons. The molecule has 0 bridgehead atoms. The SMILES string of the molecule is CCC(C(=O)NC1CCCCC1)N(Cc1ccccc1Cl)C(=O)CN(c1cccc(Cl)c1Cl)S(=O)(=O)c1ccc(C)cc1. The highest BCUT2D eigenvalue weighted by Gasteiger charge is 2.35. The molecule has 1 atom stereocenters. The van der Waals surface area contributed by atoms with Crippen LogP contribution in [0.1, 0.15) is 56.6 Å². The van der Waals surface area contributed by atoms with E-state index in [1.807, 2.05) is 13.8 Å². The average molecular weight is 665 g/mol. The lowest BCUT2D eigenvalue weighted by Gasteiger charge is -2.34. The maximum absolute atomic E-state index is 14.3. The van der Waals surface area contributed by atoms with Crippen LogP contribution in [0.3, 0.4) is 0 Å². The van der Waals surface area contributed by atoms with E-state index in [0.717, 1.165) is 42.0 Å². The van der Waals surface area contributed by atoms with Crippen molar-refractivity contribution in [2.45, 2.75) is 75.9 Å². The molecule has 1 fully saturated rings. The van der Waals surface area contributed by atoms with Gasteiger partial charge in [0.05, 0.1) is 20.6 Å². The number of sulfonamides is 1. The maximum Gasteiger partial charge on any atom is 0.264 e. The minimum absolute atomic E-state index is 0.00705. The number of hydrogen-bond acceptors (Lipinski definition) is 4. The number of halogens is 3. The standard InChI is InChI=1S/C32H36Cl3N3O4S/c1-3-28(32(40)36-24-11-5-4-6-12-24)37(20-23-10-7-8-13-26(23)33)30(39)21-38(29-15-9-14-27(34)31(29)35)43(41,42)25-18-16-22(2)17-19-25/h7-10,13-19,24,28H,3-6,11-12,20-21H2,1-2H3,(H,36,40). The minimum atomic E-state index is -4.28. The van der Waals surface area contributed by atoms with Crippen LogP contribution in [-0.2, 0) is 26.2 Å². The molecule has 0 heterocycles. The Balaban J connectivity index is 1.75. The van der Waals surface area contributed by atoms with Crippen LogP contribution in [0.2, 0.25) is 15.1 Å². The number of rotatable bonds is 11. The van der Waals surface area contributed by atoms with Crippen LogP contribution in [0.25, 0.3) is 0 Å². The summed E-state index contributed by atoms with van der Waals surface area (Å²) in [6.45, 7) is 3.07. The summed E-state index contributed by atoms with van der Waals surface area (Å²) in [5, 5.41) is 3.70. The lowest BCUT2D eigenvalue weighted by Crippen LogP contribution is -2.54. The summed E-state index contributed by atoms with van der Waals surface area (Å²) in [5.74, 6) is -0.860. The normalized spacial score (nSPS) is 14.6. The molecule has 11 heteroatoms. The van der Waals surface area contributed by atoms with Gasteiger partial charge in [0.1, 0.15) is 12.6 Å². The van der Waals surface area contributed by atoms with E-state index < -0.39 is 28.5 Å². The third kappa shape index (κ3) is 8.04. The summed E-state index contributed by atoms with van der Waals surface area (Å²) in [4.78, 5) is 29.3. The Morgan fingerprint density at radius 2 is 1.56 bits per heavy atom. The van der Waals surface area contributed by atoms with Gasteiger partial charge < -0.3 is 10.2 Å². The molecule has 4 rings (SSSR count). The summed E-state index contributed by atoms with van der Waals surface area (Å²) >= 11 is 19.3. The lowest BCUT2D eigenvalue weighted by molar-refractivity contribution is -0.140. The first-order valence-electron chi connectivity index (χ1n) is 14.4. The van der Waals surface area contributed by atoms with Crippen LogP contribution >= 0.6 is 34.8 Å². The highest BCUT2D eigenvalue weighted by atomic mass is 35.5. The second-order valence-electron chi connectivity index (χ2n) is 10.8. The highest BCUT2D eigenvalue weighted by Crippen LogP contribution is 2.36. The molecule has 3 aromatic rings. The summed E-state index contributed by atoms with van der Waals surface area (Å²) in [5.41, 5.74) is 1.57. The van der Waals surface area contributed by atoms with Crippen molar-refractivity contribution in [2.75, 3.05) is 10.8 Å². The smallest absolute Gasteiger partial charge is 0.264 e. The molecule has 1 N–H and O–H groups in total. The zero-order chi connectivity index (χ0) is 31.1. The molecule has 43 heavy (non-hydrogen) atoms. The Morgan fingerprint density at radius 1 is 0.907 bits per heavy atom. The Kier molecular flexibility index (Phi) is 11.4. The predicted molar refractivity (Wildman–Crippen MR) is 173 cm³/mol. The van der Waals surface area contributed by atoms with Gasteiger partial charge in [-0.1, -0.05) is 103 Å². The fourth-order valence-electron chi connectivity index (χ4n) is 5.31. The molecule has 1 aliphatic carbocycles. The van der Waals surface area contributed by atoms with Crippen LogP contribution in [0.15, 0.2) is 71.6 Å². The van der Waals surface area contributed by atoms with Gasteiger partial charge in [0.25, 0.3) is 10.0 Å². The first kappa shape index (κ1) is 33.1. The van der Waals surface area contributed by atoms with Crippen LogP contribution < -0.4 is 9.62 Å². The second-order valence-corrected chi connectivity index (χ2v) is 13.8. The fourth-order valence-corrected chi connectivity index (χ4v) is 7.38. The number of hydrogen-bond donors (Lipinski definition) is 1. The van der Waals surface area contributed by atoms with E-state index in [1.165, 1.54) is 29.2 Å². The molecule has 0 aromatic heterocycles. The van der Waals surface area contributed by atoms with Crippen LogP contribution in [0.4, 0.5) is 5.69 Å². The summed E-state index contributed by atoms with van der Waals surface area (Å²) < 4.78 is 29.1. The predicted octanol–water partition coefficient (Wildman–Crippen LogP) is 7.41. The molecule has 0 aliphatic heterocycles. The maximum atomic E-state index is 14.3. The van der Waals surface area contributed by atoms with Gasteiger partial charge in [0.2, 0.25) is 11.8 Å². The van der Waals surface area contributed by atoms with Crippen molar-refractivity contribution < 1.29 is 18.0 Å². The van der Waals surface area contributed by atoms with E-state index >= 15 is 0 Å². The van der Waals surface area contributed by atoms with Crippen molar-refractivity contribution >= 4 is 62.3 Å². The number of carbonyl (C=O) groups excluding carboxylic acids is 2. The Labute approximate surface area is 269 Å². The molecule has 0 saturated heterocycles. The number of anilines is 1. The molecule has 2 amide bonds. The molecule has 7 nitrogen and oxygen atoms in total. The molecule has 1 saturated carbocycles. The monoisotopic (exact) mass is 663 g/mol. The fraction of sp³-hybridized carbons (Fsp3) is 0.375. The first-order chi connectivity index (χ1) is 20.5. The number of benzene rings is 3. The van der Waals surface area contributed by atoms with E-state index in [9.17, 15) is 18.0 Å². The summed E-state index contributed by atoms with van der Waals surface area (Å²) in [7, 11) is -4.28. The molecular weight excluding hydrogens is 629 g/mol. The van der Waals surface area contributed by atoms with Crippen LogP contribution in [0.5, 0.6) is 0 Å². The zero-order valence-corrected chi connectivity index (χ0v) is 27.3. The van der Waals surface area contributed by atoms with Gasteiger partial charge in [0.15, 0.2) is 0 Å². The quantitative estimate of drug-likeness (QED) is 0.231. The van der Waals surface area contributed by atoms with Crippen LogP contribution in [-0.4, -0.2) is 43.8 Å². The van der Waals surface area contributed by atoms with Gasteiger partial charge in [-0.05, 0) is 62.1 Å². The number of nitrogens with one attached hydrogen (secondary N) is 1. The number of aryl methyl sites for hydroxylation is 1. The van der Waals surface area contributed by atoms with Gasteiger partial charge >= 0.3 is 0 Å². The van der Waals surface area contributed by atoms with E-state index in [0.29, 0.717) is 17.0 Å². The number of nitrogens with zero attached hydrogens (tertiary/aromatic N) is 2. The molecule has 0 spiro atoms. The third-order valence-electron chi connectivity index (χ3n) is 7.72. The van der Waals surface area contributed by atoms with Gasteiger partial charge in [-0.3, -0.25) is 13.9 Å². The van der Waals surface area contributed by atoms with Gasteiger partial charge in [-0.25, -0.2) is 8.42 Å². The van der Waals surface area contributed by atoms with Gasteiger partial charge in [0, 0.05) is 17.6 Å². The van der Waals surface area contributed by atoms with E-state index in [-0.39, 0.29) is 39.1 Å². The average Bonchev–Trinajstić information content (AvgIpc) is 2.99. The molecular formula is C32H36Cl3N3O4S. The van der Waals surface area contributed by atoms with Crippen molar-refractivity contribution in [3.8, 4) is 0 Å². The van der Waals surface area contributed by atoms with E-state index in [4.69, 9.17) is 34.8 Å². The minimum Gasteiger partial charge on any atom is -0.352 e. The summed E-state index contributed by atoms with van der Waals surface area (Å²) in [6, 6.07) is 17.2. The van der Waals surface area contributed by atoms with Crippen LogP contribution in [0, 0.1) is 6.92 Å². The second kappa shape index (κ2) is 14.8. The molecule has 1 unspecified atom stereocenters. The van der Waals surface area contributed by atoms with Crippen molar-refractivity contribution in [3.05, 3.63) is 92.9 Å². The Bertz CT molecular complexity index is 1540. The number of carbonyl (C=O) groups is 2. The Hall–Kier alpha value is -2.78. The molecule has 3 aromatic carbocycles. The van der Waals surface area contributed by atoms with Crippen molar-refractivity contribution in [1.29, 1.82) is 0 Å². The largest absolute Gasteiger partial charge is 0.352 e. The highest BCUT2D eigenvalue weighted by molar-refractivity contribution is 7.92. The first-order valence-corrected chi connectivity index (χ1v) is 17.0. The summed E-state index contributed by atoms with van der Waals surface area (Å²) in [6.07, 6.45) is 5.30. The van der Waals surface area contributed by atoms with Gasteiger partial charge in [-0.2, -0.15) is 0 Å². The molecule has 1 aliphatic rings. The third-order valence-corrected chi connectivity index (χ3v) is 10.7. The molecule has 230 valence electrons. The topological polar surface area (TPSA) is 86.8 Å².